The second-order valence-corrected chi connectivity index (χ2v) is 3.35. The van der Waals surface area contributed by atoms with E-state index in [-0.39, 0.29) is 13.0 Å². The number of carbonyl (C=O) groups excluding carboxylic acids is 1. The van der Waals surface area contributed by atoms with Crippen molar-refractivity contribution in [3.05, 3.63) is 28.8 Å². The van der Waals surface area contributed by atoms with Crippen molar-refractivity contribution in [1.82, 2.24) is 0 Å². The number of benzene rings is 1. The van der Waals surface area contributed by atoms with Crippen LogP contribution in [0.15, 0.2) is 12.1 Å². The van der Waals surface area contributed by atoms with E-state index in [0.717, 1.165) is 0 Å². The lowest BCUT2D eigenvalue weighted by atomic mass is 9.98. The van der Waals surface area contributed by atoms with Gasteiger partial charge in [-0.25, -0.2) is 0 Å². The zero-order valence-corrected chi connectivity index (χ0v) is 9.82. The molecule has 5 heteroatoms. The van der Waals surface area contributed by atoms with Crippen molar-refractivity contribution in [1.29, 1.82) is 5.26 Å². The number of rotatable bonds is 4. The van der Waals surface area contributed by atoms with Gasteiger partial charge in [0.1, 0.15) is 5.75 Å². The van der Waals surface area contributed by atoms with Crippen molar-refractivity contribution in [3.63, 3.8) is 0 Å². The molecule has 0 heterocycles. The Labute approximate surface area is 99.7 Å². The number of esters is 1. The predicted octanol–water partition coefficient (Wildman–Crippen LogP) is 0.741. The van der Waals surface area contributed by atoms with E-state index in [2.05, 4.69) is 10.8 Å². The number of methoxy groups -OCH3 is 2. The molecule has 0 aromatic heterocycles. The Balaban J connectivity index is 3.31. The molecule has 2 N–H and O–H groups in total. The first-order chi connectivity index (χ1) is 8.17. The monoisotopic (exact) mass is 234 g/mol. The van der Waals surface area contributed by atoms with Gasteiger partial charge in [-0.2, -0.15) is 5.26 Å². The summed E-state index contributed by atoms with van der Waals surface area (Å²) in [5.74, 6) is 0.0677. The highest BCUT2D eigenvalue weighted by atomic mass is 16.5. The lowest BCUT2D eigenvalue weighted by molar-refractivity contribution is -0.139. The maximum atomic E-state index is 11.3. The molecule has 0 aliphatic rings. The third kappa shape index (κ3) is 2.74. The minimum Gasteiger partial charge on any atom is -0.496 e. The molecular formula is C12H14N2O3. The highest BCUT2D eigenvalue weighted by Gasteiger charge is 2.16. The Kier molecular flexibility index (Phi) is 4.49. The Bertz CT molecular complexity index is 464. The summed E-state index contributed by atoms with van der Waals surface area (Å²) in [7, 11) is 2.78. The van der Waals surface area contributed by atoms with Gasteiger partial charge in [0.15, 0.2) is 0 Å². The summed E-state index contributed by atoms with van der Waals surface area (Å²) >= 11 is 0. The molecule has 0 unspecified atom stereocenters. The van der Waals surface area contributed by atoms with Crippen LogP contribution in [0.1, 0.15) is 16.7 Å². The van der Waals surface area contributed by atoms with E-state index in [1.54, 1.807) is 12.1 Å². The molecule has 0 saturated heterocycles. The first-order valence-electron chi connectivity index (χ1n) is 5.03. The quantitative estimate of drug-likeness (QED) is 0.776. The molecule has 0 saturated carbocycles. The fraction of sp³-hybridized carbons (Fsp3) is 0.333. The molecule has 1 rings (SSSR count). The van der Waals surface area contributed by atoms with Crippen molar-refractivity contribution in [2.24, 2.45) is 5.73 Å². The molecule has 1 aromatic carbocycles. The molecule has 0 aliphatic carbocycles. The maximum absolute atomic E-state index is 11.3. The lowest BCUT2D eigenvalue weighted by Gasteiger charge is -2.12. The van der Waals surface area contributed by atoms with E-state index in [1.807, 2.05) is 0 Å². The minimum absolute atomic E-state index is 0.00356. The third-order valence-corrected chi connectivity index (χ3v) is 2.46. The molecule has 0 fully saturated rings. The van der Waals surface area contributed by atoms with Crippen LogP contribution in [-0.2, 0) is 22.5 Å². The van der Waals surface area contributed by atoms with Crippen molar-refractivity contribution in [2.45, 2.75) is 13.0 Å². The highest BCUT2D eigenvalue weighted by molar-refractivity contribution is 5.75. The van der Waals surface area contributed by atoms with Gasteiger partial charge in [0.25, 0.3) is 0 Å². The van der Waals surface area contributed by atoms with E-state index in [9.17, 15) is 4.79 Å². The van der Waals surface area contributed by atoms with Crippen LogP contribution in [-0.4, -0.2) is 20.2 Å². The second kappa shape index (κ2) is 5.87. The average Bonchev–Trinajstić information content (AvgIpc) is 2.37. The fourth-order valence-corrected chi connectivity index (χ4v) is 1.57. The standard InChI is InChI=1S/C12H14N2O3/c1-16-11-4-3-8(6-13)10(7-14)9(11)5-12(15)17-2/h3-4H,5-6,13H2,1-2H3. The van der Waals surface area contributed by atoms with Gasteiger partial charge in [0, 0.05) is 12.1 Å². The number of nitriles is 1. The van der Waals surface area contributed by atoms with Crippen LogP contribution in [0.4, 0.5) is 0 Å². The van der Waals surface area contributed by atoms with Gasteiger partial charge in [-0.05, 0) is 11.6 Å². The Morgan fingerprint density at radius 2 is 2.18 bits per heavy atom. The van der Waals surface area contributed by atoms with E-state index in [4.69, 9.17) is 15.7 Å². The summed E-state index contributed by atoms with van der Waals surface area (Å²) in [6.45, 7) is 0.237. The smallest absolute Gasteiger partial charge is 0.310 e. The highest BCUT2D eigenvalue weighted by Crippen LogP contribution is 2.25. The molecule has 5 nitrogen and oxygen atoms in total. The van der Waals surface area contributed by atoms with Crippen LogP contribution < -0.4 is 10.5 Å². The second-order valence-electron chi connectivity index (χ2n) is 3.35. The molecule has 0 spiro atoms. The van der Waals surface area contributed by atoms with Crippen molar-refractivity contribution in [3.8, 4) is 11.8 Å². The van der Waals surface area contributed by atoms with Gasteiger partial charge in [0.2, 0.25) is 0 Å². The lowest BCUT2D eigenvalue weighted by Crippen LogP contribution is -2.10. The van der Waals surface area contributed by atoms with Gasteiger partial charge >= 0.3 is 5.97 Å². The van der Waals surface area contributed by atoms with Gasteiger partial charge in [0.05, 0.1) is 32.3 Å². The van der Waals surface area contributed by atoms with Crippen molar-refractivity contribution < 1.29 is 14.3 Å². The van der Waals surface area contributed by atoms with Crippen LogP contribution in [0.3, 0.4) is 0 Å². The summed E-state index contributed by atoms with van der Waals surface area (Å²) in [5.41, 5.74) is 7.13. The largest absolute Gasteiger partial charge is 0.496 e. The summed E-state index contributed by atoms with van der Waals surface area (Å²) in [4.78, 5) is 11.3. The first-order valence-corrected chi connectivity index (χ1v) is 5.03. The molecule has 0 bridgehead atoms. The minimum atomic E-state index is -0.422. The molecule has 0 radical (unpaired) electrons. The molecular weight excluding hydrogens is 220 g/mol. The number of nitrogens with zero attached hydrogens (tertiary/aromatic N) is 1. The maximum Gasteiger partial charge on any atom is 0.310 e. The SMILES string of the molecule is COC(=O)Cc1c(OC)ccc(CN)c1C#N. The Morgan fingerprint density at radius 1 is 1.47 bits per heavy atom. The number of ether oxygens (including phenoxy) is 2. The normalized spacial score (nSPS) is 9.53. The molecule has 17 heavy (non-hydrogen) atoms. The van der Waals surface area contributed by atoms with Gasteiger partial charge < -0.3 is 15.2 Å². The van der Waals surface area contributed by atoms with Crippen LogP contribution in [0.25, 0.3) is 0 Å². The topological polar surface area (TPSA) is 85.3 Å². The molecule has 0 amide bonds. The third-order valence-electron chi connectivity index (χ3n) is 2.46. The van der Waals surface area contributed by atoms with Crippen LogP contribution in [0.5, 0.6) is 5.75 Å². The van der Waals surface area contributed by atoms with E-state index in [1.165, 1.54) is 14.2 Å². The summed E-state index contributed by atoms with van der Waals surface area (Å²) < 4.78 is 9.72. The number of hydrogen-bond donors (Lipinski definition) is 1. The number of hydrogen-bond acceptors (Lipinski definition) is 5. The van der Waals surface area contributed by atoms with E-state index < -0.39 is 5.97 Å². The summed E-state index contributed by atoms with van der Waals surface area (Å²) in [6.07, 6.45) is -0.00356. The van der Waals surface area contributed by atoms with Gasteiger partial charge in [-0.3, -0.25) is 4.79 Å². The van der Waals surface area contributed by atoms with E-state index >= 15 is 0 Å². The number of carbonyl (C=O) groups is 1. The van der Waals surface area contributed by atoms with Crippen molar-refractivity contribution in [2.75, 3.05) is 14.2 Å². The summed E-state index contributed by atoms with van der Waals surface area (Å²) in [6, 6.07) is 5.47. The Hall–Kier alpha value is -2.06. The van der Waals surface area contributed by atoms with Gasteiger partial charge in [-0.15, -0.1) is 0 Å². The first kappa shape index (κ1) is 13.0. The van der Waals surface area contributed by atoms with Crippen LogP contribution in [0.2, 0.25) is 0 Å². The molecule has 90 valence electrons. The molecule has 1 aromatic rings. The van der Waals surface area contributed by atoms with Gasteiger partial charge in [-0.1, -0.05) is 6.07 Å². The summed E-state index contributed by atoms with van der Waals surface area (Å²) in [5, 5.41) is 9.12. The van der Waals surface area contributed by atoms with Crippen molar-refractivity contribution >= 4 is 5.97 Å². The molecule has 0 atom stereocenters. The zero-order chi connectivity index (χ0) is 12.8. The molecule has 0 aliphatic heterocycles. The van der Waals surface area contributed by atoms with Crippen LogP contribution >= 0.6 is 0 Å². The average molecular weight is 234 g/mol. The fourth-order valence-electron chi connectivity index (χ4n) is 1.57. The predicted molar refractivity (Wildman–Crippen MR) is 61.3 cm³/mol. The van der Waals surface area contributed by atoms with E-state index in [0.29, 0.717) is 22.4 Å². The van der Waals surface area contributed by atoms with Crippen LogP contribution in [0, 0.1) is 11.3 Å². The number of nitrogens with two attached hydrogens (primary N) is 1. The Morgan fingerprint density at radius 3 is 2.65 bits per heavy atom. The zero-order valence-electron chi connectivity index (χ0n) is 9.82.